The Kier molecular flexibility index (Phi) is 4.05. The highest BCUT2D eigenvalue weighted by Gasteiger charge is 2.39. The number of fused-ring (bicyclic) bond motifs is 1. The first-order valence-corrected chi connectivity index (χ1v) is 7.95. The van der Waals surface area contributed by atoms with Gasteiger partial charge in [-0.05, 0) is 12.1 Å². The van der Waals surface area contributed by atoms with E-state index in [9.17, 15) is 15.0 Å². The Morgan fingerprint density at radius 1 is 1.37 bits per heavy atom. The van der Waals surface area contributed by atoms with Crippen LogP contribution in [0.3, 0.4) is 0 Å². The SMILES string of the molecule is Nc1ncnc2c1ncn2C1=C(O)C(NC(=O)c2cccnc2)[C@@H](CO)O1. The van der Waals surface area contributed by atoms with Gasteiger partial charge in [-0.15, -0.1) is 0 Å². The van der Waals surface area contributed by atoms with Crippen LogP contribution in [0, 0.1) is 0 Å². The van der Waals surface area contributed by atoms with E-state index in [4.69, 9.17) is 10.5 Å². The van der Waals surface area contributed by atoms with Gasteiger partial charge in [0.1, 0.15) is 18.7 Å². The standard InChI is InChI=1S/C16H15N7O4/c17-13-11-14(20-6-19-13)23(7-21-11)16-12(25)10(9(5-24)27-16)22-15(26)8-2-1-3-18-4-8/h1-4,6-7,9-10,24-25H,5H2,(H,22,26)(H2,17,19,20)/t9-,10?/m1/s1. The molecule has 138 valence electrons. The van der Waals surface area contributed by atoms with Gasteiger partial charge >= 0.3 is 0 Å². The number of aliphatic hydroxyl groups is 2. The summed E-state index contributed by atoms with van der Waals surface area (Å²) in [5.41, 5.74) is 6.73. The van der Waals surface area contributed by atoms with Crippen molar-refractivity contribution in [3.63, 3.8) is 0 Å². The van der Waals surface area contributed by atoms with E-state index in [0.29, 0.717) is 16.7 Å². The molecule has 0 saturated carbocycles. The Hall–Kier alpha value is -3.73. The van der Waals surface area contributed by atoms with Crippen LogP contribution in [0.15, 0.2) is 42.9 Å². The monoisotopic (exact) mass is 369 g/mol. The lowest BCUT2D eigenvalue weighted by Crippen LogP contribution is -2.44. The van der Waals surface area contributed by atoms with Gasteiger partial charge in [0.05, 0.1) is 12.2 Å². The molecule has 0 fully saturated rings. The van der Waals surface area contributed by atoms with E-state index in [-0.39, 0.29) is 17.5 Å². The highest BCUT2D eigenvalue weighted by atomic mass is 16.5. The first-order chi connectivity index (χ1) is 13.1. The van der Waals surface area contributed by atoms with Crippen LogP contribution in [0.5, 0.6) is 0 Å². The maximum atomic E-state index is 12.4. The lowest BCUT2D eigenvalue weighted by Gasteiger charge is -2.18. The largest absolute Gasteiger partial charge is 0.505 e. The Morgan fingerprint density at radius 3 is 2.96 bits per heavy atom. The van der Waals surface area contributed by atoms with Crippen molar-refractivity contribution < 1.29 is 19.7 Å². The van der Waals surface area contributed by atoms with Crippen molar-refractivity contribution in [3.8, 4) is 0 Å². The van der Waals surface area contributed by atoms with E-state index in [1.165, 1.54) is 23.4 Å². The van der Waals surface area contributed by atoms with Gasteiger partial charge in [0.2, 0.25) is 5.88 Å². The number of ether oxygens (including phenoxy) is 1. The number of nitrogen functional groups attached to an aromatic ring is 1. The first-order valence-electron chi connectivity index (χ1n) is 7.95. The molecule has 1 unspecified atom stereocenters. The van der Waals surface area contributed by atoms with Gasteiger partial charge in [-0.25, -0.2) is 19.5 Å². The predicted molar refractivity (Wildman–Crippen MR) is 93.0 cm³/mol. The number of nitrogens with one attached hydrogen (secondary N) is 1. The summed E-state index contributed by atoms with van der Waals surface area (Å²) in [6.45, 7) is -0.435. The zero-order valence-electron chi connectivity index (χ0n) is 13.9. The summed E-state index contributed by atoms with van der Waals surface area (Å²) in [7, 11) is 0. The van der Waals surface area contributed by atoms with Crippen LogP contribution in [0.4, 0.5) is 5.82 Å². The summed E-state index contributed by atoms with van der Waals surface area (Å²) in [5.74, 6) is -0.573. The van der Waals surface area contributed by atoms with E-state index in [0.717, 1.165) is 0 Å². The number of pyridine rings is 1. The topological polar surface area (TPSA) is 161 Å². The summed E-state index contributed by atoms with van der Waals surface area (Å²) in [4.78, 5) is 28.3. The molecule has 3 aromatic rings. The van der Waals surface area contributed by atoms with Crippen molar-refractivity contribution in [2.75, 3.05) is 12.3 Å². The molecule has 11 nitrogen and oxygen atoms in total. The molecule has 0 radical (unpaired) electrons. The third-order valence-corrected chi connectivity index (χ3v) is 4.12. The molecule has 1 aliphatic rings. The maximum absolute atomic E-state index is 12.4. The van der Waals surface area contributed by atoms with Crippen molar-refractivity contribution >= 4 is 28.8 Å². The van der Waals surface area contributed by atoms with Crippen LogP contribution < -0.4 is 11.1 Å². The molecule has 27 heavy (non-hydrogen) atoms. The van der Waals surface area contributed by atoms with Gasteiger partial charge < -0.3 is 26.0 Å². The van der Waals surface area contributed by atoms with Crippen LogP contribution in [0.2, 0.25) is 0 Å². The molecule has 0 aromatic carbocycles. The first kappa shape index (κ1) is 16.7. The van der Waals surface area contributed by atoms with Gasteiger partial charge in [-0.3, -0.25) is 9.78 Å². The van der Waals surface area contributed by atoms with Crippen LogP contribution in [-0.2, 0) is 4.74 Å². The zero-order chi connectivity index (χ0) is 19.0. The fourth-order valence-corrected chi connectivity index (χ4v) is 2.79. The molecule has 11 heteroatoms. The third-order valence-electron chi connectivity index (χ3n) is 4.12. The Morgan fingerprint density at radius 2 is 2.22 bits per heavy atom. The lowest BCUT2D eigenvalue weighted by molar-refractivity contribution is 0.0709. The minimum atomic E-state index is -0.964. The number of rotatable bonds is 4. The maximum Gasteiger partial charge on any atom is 0.253 e. The predicted octanol–water partition coefficient (Wildman–Crippen LogP) is -0.323. The summed E-state index contributed by atoms with van der Waals surface area (Å²) in [5, 5.41) is 22.9. The van der Waals surface area contributed by atoms with Crippen LogP contribution >= 0.6 is 0 Å². The van der Waals surface area contributed by atoms with E-state index in [1.54, 1.807) is 18.3 Å². The quantitative estimate of drug-likeness (QED) is 0.483. The fraction of sp³-hybridized carbons (Fsp3) is 0.188. The molecule has 2 atom stereocenters. The molecular weight excluding hydrogens is 354 g/mol. The fourth-order valence-electron chi connectivity index (χ4n) is 2.79. The number of carbonyl (C=O) groups excluding carboxylic acids is 1. The van der Waals surface area contributed by atoms with Crippen LogP contribution in [0.25, 0.3) is 17.0 Å². The molecule has 0 aliphatic carbocycles. The molecule has 0 bridgehead atoms. The number of nitrogens with two attached hydrogens (primary N) is 1. The van der Waals surface area contributed by atoms with Crippen molar-refractivity contribution in [3.05, 3.63) is 48.5 Å². The van der Waals surface area contributed by atoms with Crippen molar-refractivity contribution in [1.29, 1.82) is 0 Å². The van der Waals surface area contributed by atoms with Crippen LogP contribution in [-0.4, -0.2) is 59.4 Å². The van der Waals surface area contributed by atoms with E-state index in [2.05, 4.69) is 25.3 Å². The molecule has 3 aromatic heterocycles. The number of carbonyl (C=O) groups is 1. The highest BCUT2D eigenvalue weighted by Crippen LogP contribution is 2.30. The Balaban J connectivity index is 1.69. The minimum Gasteiger partial charge on any atom is -0.505 e. The number of aromatic nitrogens is 5. The summed E-state index contributed by atoms with van der Waals surface area (Å²) < 4.78 is 7.01. The number of anilines is 1. The summed E-state index contributed by atoms with van der Waals surface area (Å²) in [6, 6.07) is 2.23. The average molecular weight is 369 g/mol. The van der Waals surface area contributed by atoms with E-state index in [1.807, 2.05) is 0 Å². The number of hydrogen-bond donors (Lipinski definition) is 4. The van der Waals surface area contributed by atoms with Gasteiger partial charge in [0.25, 0.3) is 5.91 Å². The number of imidazole rings is 1. The number of nitrogens with zero attached hydrogens (tertiary/aromatic N) is 5. The molecule has 4 heterocycles. The second kappa shape index (κ2) is 6.53. The van der Waals surface area contributed by atoms with Gasteiger partial charge in [-0.2, -0.15) is 0 Å². The molecule has 5 N–H and O–H groups in total. The molecule has 1 amide bonds. The molecular formula is C16H15N7O4. The third kappa shape index (κ3) is 2.79. The molecule has 1 aliphatic heterocycles. The Bertz CT molecular complexity index is 1030. The van der Waals surface area contributed by atoms with Gasteiger partial charge in [0, 0.05) is 12.4 Å². The average Bonchev–Trinajstić information content (AvgIpc) is 3.25. The zero-order valence-corrected chi connectivity index (χ0v) is 13.9. The van der Waals surface area contributed by atoms with E-state index >= 15 is 0 Å². The lowest BCUT2D eigenvalue weighted by atomic mass is 10.1. The smallest absolute Gasteiger partial charge is 0.253 e. The van der Waals surface area contributed by atoms with Crippen molar-refractivity contribution in [1.82, 2.24) is 29.8 Å². The summed E-state index contributed by atoms with van der Waals surface area (Å²) in [6.07, 6.45) is 4.66. The molecule has 0 spiro atoms. The highest BCUT2D eigenvalue weighted by molar-refractivity contribution is 5.94. The van der Waals surface area contributed by atoms with Crippen molar-refractivity contribution in [2.45, 2.75) is 12.1 Å². The second-order valence-electron chi connectivity index (χ2n) is 5.77. The van der Waals surface area contributed by atoms with Crippen LogP contribution in [0.1, 0.15) is 10.4 Å². The molecule has 4 rings (SSSR count). The van der Waals surface area contributed by atoms with Gasteiger partial charge in [0.15, 0.2) is 28.8 Å². The minimum absolute atomic E-state index is 0.00821. The summed E-state index contributed by atoms with van der Waals surface area (Å²) >= 11 is 0. The normalized spacial score (nSPS) is 19.3. The second-order valence-corrected chi connectivity index (χ2v) is 5.77. The van der Waals surface area contributed by atoms with Crippen molar-refractivity contribution in [2.24, 2.45) is 0 Å². The number of hydrogen-bond acceptors (Lipinski definition) is 9. The number of amides is 1. The molecule has 0 saturated heterocycles. The Labute approximate surface area is 152 Å². The number of aliphatic hydroxyl groups excluding tert-OH is 2. The van der Waals surface area contributed by atoms with Gasteiger partial charge in [-0.1, -0.05) is 0 Å². The van der Waals surface area contributed by atoms with E-state index < -0.39 is 24.7 Å².